The Balaban J connectivity index is 1.42. The highest BCUT2D eigenvalue weighted by atomic mass is 32.2. The van der Waals surface area contributed by atoms with Crippen LogP contribution in [0.3, 0.4) is 0 Å². The molecule has 0 saturated carbocycles. The Morgan fingerprint density at radius 1 is 1.00 bits per heavy atom. The minimum atomic E-state index is -3.49. The summed E-state index contributed by atoms with van der Waals surface area (Å²) in [6.07, 6.45) is 1.77. The van der Waals surface area contributed by atoms with E-state index in [1.807, 2.05) is 5.38 Å². The van der Waals surface area contributed by atoms with Gasteiger partial charge in [0.2, 0.25) is 0 Å². The van der Waals surface area contributed by atoms with Gasteiger partial charge in [-0.25, -0.2) is 8.42 Å². The molecule has 5 rings (SSSR count). The number of hydrogen-bond donors (Lipinski definition) is 1. The first-order valence-corrected chi connectivity index (χ1v) is 13.9. The predicted molar refractivity (Wildman–Crippen MR) is 133 cm³/mol. The third-order valence-electron chi connectivity index (χ3n) is 7.07. The van der Waals surface area contributed by atoms with Crippen LogP contribution in [-0.2, 0) is 10.0 Å². The average molecular weight is 483 g/mol. The second-order valence-electron chi connectivity index (χ2n) is 9.07. The normalized spacial score (nSPS) is 24.5. The van der Waals surface area contributed by atoms with Gasteiger partial charge in [-0.1, -0.05) is 60.2 Å². The predicted octanol–water partition coefficient (Wildman–Crippen LogP) is 4.34. The number of rotatable bonds is 5. The molecule has 0 aliphatic carbocycles. The van der Waals surface area contributed by atoms with Crippen LogP contribution >= 0.6 is 11.3 Å². The van der Waals surface area contributed by atoms with Crippen LogP contribution < -0.4 is 0 Å². The number of aliphatic hydroxyl groups is 1. The van der Waals surface area contributed by atoms with Crippen molar-refractivity contribution in [3.05, 3.63) is 77.2 Å². The molecule has 0 amide bonds. The van der Waals surface area contributed by atoms with Crippen molar-refractivity contribution >= 4 is 21.4 Å². The molecular weight excluding hydrogens is 452 g/mol. The smallest absolute Gasteiger partial charge is 0.252 e. The Labute approximate surface area is 200 Å². The fourth-order valence-corrected chi connectivity index (χ4v) is 8.03. The molecule has 5 nitrogen and oxygen atoms in total. The van der Waals surface area contributed by atoms with Gasteiger partial charge in [-0.2, -0.15) is 4.31 Å². The van der Waals surface area contributed by atoms with E-state index in [0.717, 1.165) is 19.4 Å². The Kier molecular flexibility index (Phi) is 6.42. The van der Waals surface area contributed by atoms with Crippen LogP contribution in [0.15, 0.2) is 70.3 Å². The first kappa shape index (κ1) is 22.7. The van der Waals surface area contributed by atoms with Crippen molar-refractivity contribution in [3.8, 4) is 11.1 Å². The van der Waals surface area contributed by atoms with Crippen LogP contribution in [-0.4, -0.2) is 61.1 Å². The number of fused-ring (bicyclic) bond motifs is 1. The molecule has 33 heavy (non-hydrogen) atoms. The molecule has 1 N–H and O–H groups in total. The molecule has 174 valence electrons. The van der Waals surface area contributed by atoms with E-state index in [1.54, 1.807) is 16.4 Å². The minimum absolute atomic E-state index is 0.0317. The molecule has 0 unspecified atom stereocenters. The molecule has 0 bridgehead atoms. The second kappa shape index (κ2) is 9.31. The topological polar surface area (TPSA) is 60.9 Å². The zero-order valence-corrected chi connectivity index (χ0v) is 20.4. The average Bonchev–Trinajstić information content (AvgIpc) is 3.34. The summed E-state index contributed by atoms with van der Waals surface area (Å²) >= 11 is 1.28. The summed E-state index contributed by atoms with van der Waals surface area (Å²) < 4.78 is 28.6. The maximum atomic E-state index is 13.3. The summed E-state index contributed by atoms with van der Waals surface area (Å²) in [4.78, 5) is 2.31. The lowest BCUT2D eigenvalue weighted by Crippen LogP contribution is -2.67. The van der Waals surface area contributed by atoms with E-state index < -0.39 is 10.0 Å². The van der Waals surface area contributed by atoms with Crippen molar-refractivity contribution in [1.29, 1.82) is 0 Å². The van der Waals surface area contributed by atoms with Crippen molar-refractivity contribution < 1.29 is 13.5 Å². The maximum absolute atomic E-state index is 13.3. The molecular formula is C26H30N2O3S2. The number of benzene rings is 2. The van der Waals surface area contributed by atoms with Crippen molar-refractivity contribution in [1.82, 2.24) is 9.21 Å². The quantitative estimate of drug-likeness (QED) is 0.588. The molecule has 0 radical (unpaired) electrons. The zero-order valence-electron chi connectivity index (χ0n) is 18.8. The summed E-state index contributed by atoms with van der Waals surface area (Å²) in [5, 5.41) is 12.0. The molecule has 7 heteroatoms. The monoisotopic (exact) mass is 482 g/mol. The molecule has 2 saturated heterocycles. The molecule has 2 aliphatic heterocycles. The highest BCUT2D eigenvalue weighted by Gasteiger charge is 2.50. The third-order valence-corrected chi connectivity index (χ3v) is 10.3. The Bertz CT molecular complexity index is 1190. The van der Waals surface area contributed by atoms with Gasteiger partial charge in [0.1, 0.15) is 4.21 Å². The number of sulfonamides is 1. The van der Waals surface area contributed by atoms with Crippen molar-refractivity contribution in [3.63, 3.8) is 0 Å². The molecule has 3 heterocycles. The maximum Gasteiger partial charge on any atom is 0.252 e. The Morgan fingerprint density at radius 2 is 1.79 bits per heavy atom. The van der Waals surface area contributed by atoms with E-state index in [1.165, 1.54) is 33.6 Å². The minimum Gasteiger partial charge on any atom is -0.395 e. The fraction of sp³-hybridized carbons (Fsp3) is 0.385. The molecule has 0 spiro atoms. The van der Waals surface area contributed by atoms with Crippen LogP contribution in [0.5, 0.6) is 0 Å². The Morgan fingerprint density at radius 3 is 2.48 bits per heavy atom. The van der Waals surface area contributed by atoms with Crippen LogP contribution in [0, 0.1) is 6.92 Å². The summed E-state index contributed by atoms with van der Waals surface area (Å²) in [6, 6.07) is 20.6. The lowest BCUT2D eigenvalue weighted by atomic mass is 9.74. The zero-order chi connectivity index (χ0) is 23.0. The molecule has 2 aromatic carbocycles. The van der Waals surface area contributed by atoms with Gasteiger partial charge in [0.25, 0.3) is 10.0 Å². The molecule has 3 atom stereocenters. The Hall–Kier alpha value is -2.03. The van der Waals surface area contributed by atoms with E-state index >= 15 is 0 Å². The highest BCUT2D eigenvalue weighted by Crippen LogP contribution is 2.43. The van der Waals surface area contributed by atoms with Gasteiger partial charge in [0.05, 0.1) is 6.61 Å². The van der Waals surface area contributed by atoms with Gasteiger partial charge in [0, 0.05) is 31.1 Å². The van der Waals surface area contributed by atoms with E-state index in [4.69, 9.17) is 0 Å². The number of hydrogen-bond acceptors (Lipinski definition) is 5. The first-order valence-electron chi connectivity index (χ1n) is 11.6. The van der Waals surface area contributed by atoms with E-state index in [9.17, 15) is 13.5 Å². The molecule has 2 fully saturated rings. The van der Waals surface area contributed by atoms with Crippen LogP contribution in [0.4, 0.5) is 0 Å². The van der Waals surface area contributed by atoms with Gasteiger partial charge < -0.3 is 5.11 Å². The summed E-state index contributed by atoms with van der Waals surface area (Å²) in [7, 11) is -3.49. The van der Waals surface area contributed by atoms with Crippen LogP contribution in [0.25, 0.3) is 11.1 Å². The standard InChI is InChI=1S/C26H30N2O3S2/c1-19-6-4-7-22(16-19)20-9-11-21(12-10-20)26-23-17-27(33(30,31)25-8-5-15-32-25)13-2-3-14-28(23)24(26)18-29/h4-12,15-16,23-24,26,29H,2-3,13-14,17-18H2,1H3/t23-,24-,26+/m0/s1. The number of aryl methyl sites for hydroxylation is 1. The lowest BCUT2D eigenvalue weighted by molar-refractivity contribution is -0.0553. The van der Waals surface area contributed by atoms with Crippen molar-refractivity contribution in [2.45, 2.75) is 42.0 Å². The third kappa shape index (κ3) is 4.29. The number of aliphatic hydroxyl groups excluding tert-OH is 1. The van der Waals surface area contributed by atoms with E-state index in [2.05, 4.69) is 60.4 Å². The van der Waals surface area contributed by atoms with E-state index in [0.29, 0.717) is 17.3 Å². The largest absolute Gasteiger partial charge is 0.395 e. The molecule has 1 aromatic heterocycles. The SMILES string of the molecule is Cc1cccc(-c2ccc([C@H]3[C@H](CO)N4CCCCN(S(=O)(=O)c5cccs5)C[C@@H]34)cc2)c1. The van der Waals surface area contributed by atoms with Gasteiger partial charge in [-0.05, 0) is 54.4 Å². The van der Waals surface area contributed by atoms with Crippen LogP contribution in [0.1, 0.15) is 29.9 Å². The molecule has 3 aromatic rings. The van der Waals surface area contributed by atoms with Crippen molar-refractivity contribution in [2.24, 2.45) is 0 Å². The van der Waals surface area contributed by atoms with E-state index in [-0.39, 0.29) is 24.6 Å². The second-order valence-corrected chi connectivity index (χ2v) is 12.2. The van der Waals surface area contributed by atoms with Crippen LogP contribution in [0.2, 0.25) is 0 Å². The first-order chi connectivity index (χ1) is 16.0. The summed E-state index contributed by atoms with van der Waals surface area (Å²) in [5.74, 6) is 0.112. The number of thiophene rings is 1. The van der Waals surface area contributed by atoms with Gasteiger partial charge in [-0.15, -0.1) is 11.3 Å². The van der Waals surface area contributed by atoms with Gasteiger partial charge in [0.15, 0.2) is 0 Å². The number of nitrogens with zero attached hydrogens (tertiary/aromatic N) is 2. The van der Waals surface area contributed by atoms with Crippen molar-refractivity contribution in [2.75, 3.05) is 26.2 Å². The summed E-state index contributed by atoms with van der Waals surface area (Å²) in [5.41, 5.74) is 4.75. The van der Waals surface area contributed by atoms with Gasteiger partial charge >= 0.3 is 0 Å². The fourth-order valence-electron chi connectivity index (χ4n) is 5.39. The highest BCUT2D eigenvalue weighted by molar-refractivity contribution is 7.91. The van der Waals surface area contributed by atoms with Gasteiger partial charge in [-0.3, -0.25) is 4.90 Å². The lowest BCUT2D eigenvalue weighted by Gasteiger charge is -2.57. The summed E-state index contributed by atoms with van der Waals surface area (Å²) in [6.45, 7) is 4.09. The molecule has 2 aliphatic rings.